The Bertz CT molecular complexity index is 931. The van der Waals surface area contributed by atoms with Crippen LogP contribution in [-0.2, 0) is 14.8 Å². The van der Waals surface area contributed by atoms with Crippen molar-refractivity contribution >= 4 is 22.2 Å². The molecular formula is C18H23N3O5S. The number of carbonyl (C=O) groups is 1. The van der Waals surface area contributed by atoms with Crippen molar-refractivity contribution in [3.05, 3.63) is 46.8 Å². The molecule has 0 saturated carbocycles. The number of sulfonamides is 1. The average Bonchev–Trinajstić information content (AvgIpc) is 2.89. The molecule has 0 aliphatic rings. The Kier molecular flexibility index (Phi) is 6.62. The van der Waals surface area contributed by atoms with E-state index >= 15 is 0 Å². The molecule has 1 heterocycles. The number of carbonyl (C=O) groups excluding carboxylic acids is 1. The number of hydrazone groups is 1. The Morgan fingerprint density at radius 3 is 2.44 bits per heavy atom. The highest BCUT2D eigenvalue weighted by molar-refractivity contribution is 7.89. The minimum absolute atomic E-state index is 0.0645. The van der Waals surface area contributed by atoms with E-state index in [1.165, 1.54) is 18.3 Å². The largest absolute Gasteiger partial charge is 0.494 e. The number of ether oxygens (including phenoxy) is 2. The molecule has 0 atom stereocenters. The standard InChI is InChI=1S/C18H23N3O5S/c1-5-25-14-7-9-15(10-8-14)27(23,24)21-19-11-16-12(3)17(13(4)20-16)18(22)26-6-2/h7-11,20-21H,5-6H2,1-4H3/b19-11+. The zero-order valence-corrected chi connectivity index (χ0v) is 16.5. The van der Waals surface area contributed by atoms with Gasteiger partial charge in [0.15, 0.2) is 0 Å². The van der Waals surface area contributed by atoms with Gasteiger partial charge >= 0.3 is 5.97 Å². The smallest absolute Gasteiger partial charge is 0.340 e. The summed E-state index contributed by atoms with van der Waals surface area (Å²) >= 11 is 0. The lowest BCUT2D eigenvalue weighted by Gasteiger charge is -2.05. The molecule has 2 rings (SSSR count). The topological polar surface area (TPSA) is 110 Å². The number of nitrogens with zero attached hydrogens (tertiary/aromatic N) is 1. The van der Waals surface area contributed by atoms with Crippen LogP contribution in [0.25, 0.3) is 0 Å². The number of nitrogens with one attached hydrogen (secondary N) is 2. The van der Waals surface area contributed by atoms with E-state index < -0.39 is 16.0 Å². The molecule has 27 heavy (non-hydrogen) atoms. The minimum Gasteiger partial charge on any atom is -0.494 e. The van der Waals surface area contributed by atoms with E-state index in [-0.39, 0.29) is 11.5 Å². The van der Waals surface area contributed by atoms with Gasteiger partial charge in [-0.15, -0.1) is 0 Å². The first-order valence-electron chi connectivity index (χ1n) is 8.44. The molecule has 2 aromatic rings. The summed E-state index contributed by atoms with van der Waals surface area (Å²) in [4.78, 5) is 17.2. The van der Waals surface area contributed by atoms with E-state index in [4.69, 9.17) is 9.47 Å². The first-order valence-corrected chi connectivity index (χ1v) is 9.92. The Morgan fingerprint density at radius 2 is 1.85 bits per heavy atom. The third kappa shape index (κ3) is 4.88. The highest BCUT2D eigenvalue weighted by atomic mass is 32.2. The third-order valence-corrected chi connectivity index (χ3v) is 5.01. The van der Waals surface area contributed by atoms with Gasteiger partial charge in [-0.2, -0.15) is 13.5 Å². The van der Waals surface area contributed by atoms with Crippen LogP contribution in [0, 0.1) is 13.8 Å². The molecule has 8 nitrogen and oxygen atoms in total. The normalized spacial score (nSPS) is 11.6. The van der Waals surface area contributed by atoms with E-state index in [0.29, 0.717) is 34.9 Å². The zero-order chi connectivity index (χ0) is 20.0. The van der Waals surface area contributed by atoms with Gasteiger partial charge in [0.2, 0.25) is 0 Å². The number of esters is 1. The van der Waals surface area contributed by atoms with E-state index in [2.05, 4.69) is 14.9 Å². The second kappa shape index (κ2) is 8.72. The number of benzene rings is 1. The number of aryl methyl sites for hydroxylation is 1. The molecule has 0 radical (unpaired) electrons. The van der Waals surface area contributed by atoms with E-state index in [0.717, 1.165) is 0 Å². The van der Waals surface area contributed by atoms with Gasteiger partial charge in [-0.1, -0.05) is 0 Å². The quantitative estimate of drug-likeness (QED) is 0.407. The van der Waals surface area contributed by atoms with E-state index in [1.807, 2.05) is 6.92 Å². The lowest BCUT2D eigenvalue weighted by Crippen LogP contribution is -2.18. The van der Waals surface area contributed by atoms with Crippen LogP contribution in [0.1, 0.15) is 41.2 Å². The van der Waals surface area contributed by atoms with Gasteiger partial charge in [0.25, 0.3) is 10.0 Å². The SMILES string of the molecule is CCOC(=O)c1c(C)[nH]c(/C=N/NS(=O)(=O)c2ccc(OCC)cc2)c1C. The summed E-state index contributed by atoms with van der Waals surface area (Å²) in [5.74, 6) is 0.155. The molecular weight excluding hydrogens is 370 g/mol. The molecule has 0 spiro atoms. The average molecular weight is 393 g/mol. The third-order valence-electron chi connectivity index (χ3n) is 3.77. The van der Waals surface area contributed by atoms with Crippen molar-refractivity contribution in [1.82, 2.24) is 9.82 Å². The molecule has 1 aromatic carbocycles. The summed E-state index contributed by atoms with van der Waals surface area (Å²) in [6, 6.07) is 6.02. The molecule has 0 bridgehead atoms. The fraction of sp³-hybridized carbons (Fsp3) is 0.333. The van der Waals surface area contributed by atoms with E-state index in [1.54, 1.807) is 32.9 Å². The minimum atomic E-state index is -3.81. The fourth-order valence-electron chi connectivity index (χ4n) is 2.51. The Hall–Kier alpha value is -2.81. The molecule has 0 fully saturated rings. The van der Waals surface area contributed by atoms with Gasteiger partial charge in [0.1, 0.15) is 5.75 Å². The van der Waals surface area contributed by atoms with Crippen molar-refractivity contribution in [3.8, 4) is 5.75 Å². The number of aromatic nitrogens is 1. The van der Waals surface area contributed by atoms with Crippen molar-refractivity contribution in [2.24, 2.45) is 5.10 Å². The van der Waals surface area contributed by atoms with Crippen LogP contribution in [0.15, 0.2) is 34.3 Å². The van der Waals surface area contributed by atoms with Crippen molar-refractivity contribution in [1.29, 1.82) is 0 Å². The maximum atomic E-state index is 12.3. The summed E-state index contributed by atoms with van der Waals surface area (Å²) in [6.07, 6.45) is 1.32. The number of hydrogen-bond acceptors (Lipinski definition) is 6. The van der Waals surface area contributed by atoms with Crippen LogP contribution in [0.2, 0.25) is 0 Å². The van der Waals surface area contributed by atoms with Crippen molar-refractivity contribution in [2.75, 3.05) is 13.2 Å². The maximum absolute atomic E-state index is 12.3. The number of H-pyrrole nitrogens is 1. The zero-order valence-electron chi connectivity index (χ0n) is 15.7. The first-order chi connectivity index (χ1) is 12.8. The van der Waals surface area contributed by atoms with Crippen LogP contribution in [0.5, 0.6) is 5.75 Å². The van der Waals surface area contributed by atoms with Crippen LogP contribution in [0.3, 0.4) is 0 Å². The molecule has 1 aromatic heterocycles. The predicted molar refractivity (Wildman–Crippen MR) is 102 cm³/mol. The Morgan fingerprint density at radius 1 is 1.19 bits per heavy atom. The molecule has 0 unspecified atom stereocenters. The second-order valence-electron chi connectivity index (χ2n) is 5.64. The molecule has 0 saturated heterocycles. The van der Waals surface area contributed by atoms with Gasteiger partial charge in [0.05, 0.1) is 35.6 Å². The fourth-order valence-corrected chi connectivity index (χ4v) is 3.30. The Balaban J connectivity index is 2.14. The lowest BCUT2D eigenvalue weighted by atomic mass is 10.1. The van der Waals surface area contributed by atoms with Crippen molar-refractivity contribution in [2.45, 2.75) is 32.6 Å². The van der Waals surface area contributed by atoms with Crippen LogP contribution in [-0.4, -0.2) is 38.8 Å². The van der Waals surface area contributed by atoms with Crippen LogP contribution in [0.4, 0.5) is 0 Å². The molecule has 2 N–H and O–H groups in total. The van der Waals surface area contributed by atoms with Crippen molar-refractivity contribution in [3.63, 3.8) is 0 Å². The summed E-state index contributed by atoms with van der Waals surface area (Å²) in [7, 11) is -3.81. The molecule has 146 valence electrons. The summed E-state index contributed by atoms with van der Waals surface area (Å²) < 4.78 is 34.9. The van der Waals surface area contributed by atoms with Gasteiger partial charge in [-0.25, -0.2) is 9.63 Å². The summed E-state index contributed by atoms with van der Waals surface area (Å²) in [5.41, 5.74) is 2.20. The first kappa shape index (κ1) is 20.5. The highest BCUT2D eigenvalue weighted by Crippen LogP contribution is 2.18. The second-order valence-corrected chi connectivity index (χ2v) is 7.30. The molecule has 0 amide bonds. The predicted octanol–water partition coefficient (Wildman–Crippen LogP) is 2.52. The summed E-state index contributed by atoms with van der Waals surface area (Å²) in [5, 5.41) is 3.79. The molecule has 9 heteroatoms. The van der Waals surface area contributed by atoms with Crippen LogP contribution < -0.4 is 9.57 Å². The lowest BCUT2D eigenvalue weighted by molar-refractivity contribution is 0.0525. The van der Waals surface area contributed by atoms with Crippen LogP contribution >= 0.6 is 0 Å². The van der Waals surface area contributed by atoms with Gasteiger partial charge in [0, 0.05) is 5.69 Å². The maximum Gasteiger partial charge on any atom is 0.340 e. The van der Waals surface area contributed by atoms with Crippen molar-refractivity contribution < 1.29 is 22.7 Å². The monoisotopic (exact) mass is 393 g/mol. The number of rotatable bonds is 8. The van der Waals surface area contributed by atoms with Gasteiger partial charge in [-0.3, -0.25) is 0 Å². The number of aromatic amines is 1. The van der Waals surface area contributed by atoms with Gasteiger partial charge < -0.3 is 14.5 Å². The molecule has 0 aliphatic heterocycles. The summed E-state index contributed by atoms with van der Waals surface area (Å²) in [6.45, 7) is 7.82. The molecule has 0 aliphatic carbocycles. The Labute approximate surface area is 158 Å². The highest BCUT2D eigenvalue weighted by Gasteiger charge is 2.18. The van der Waals surface area contributed by atoms with E-state index in [9.17, 15) is 13.2 Å². The number of hydrogen-bond donors (Lipinski definition) is 2. The van der Waals surface area contributed by atoms with Gasteiger partial charge in [-0.05, 0) is 57.5 Å².